The van der Waals surface area contributed by atoms with Gasteiger partial charge in [0.15, 0.2) is 0 Å². The monoisotopic (exact) mass is 280 g/mol. The van der Waals surface area contributed by atoms with Gasteiger partial charge in [-0.2, -0.15) is 9.97 Å². The van der Waals surface area contributed by atoms with Crippen LogP contribution in [0.5, 0.6) is 11.8 Å². The van der Waals surface area contributed by atoms with E-state index in [9.17, 15) is 0 Å². The lowest BCUT2D eigenvalue weighted by molar-refractivity contribution is 0.368. The summed E-state index contributed by atoms with van der Waals surface area (Å²) < 4.78 is 10.4. The number of nitrogens with one attached hydrogen (secondary N) is 1. The molecule has 1 unspecified atom stereocenters. The number of rotatable bonds is 6. The maximum atomic E-state index is 5.21. The minimum Gasteiger partial charge on any atom is -0.481 e. The average Bonchev–Trinajstić information content (AvgIpc) is 2.53. The molecular formula is C14H24N4O2. The Morgan fingerprint density at radius 3 is 2.45 bits per heavy atom. The van der Waals surface area contributed by atoms with E-state index in [0.717, 1.165) is 19.6 Å². The summed E-state index contributed by atoms with van der Waals surface area (Å²) in [6, 6.07) is 2.19. The van der Waals surface area contributed by atoms with Crippen molar-refractivity contribution in [3.05, 3.63) is 6.07 Å². The van der Waals surface area contributed by atoms with Crippen LogP contribution >= 0.6 is 0 Å². The highest BCUT2D eigenvalue weighted by Gasteiger charge is 2.18. The van der Waals surface area contributed by atoms with Gasteiger partial charge in [0, 0.05) is 19.1 Å². The number of hydrogen-bond acceptors (Lipinski definition) is 6. The molecule has 1 atom stereocenters. The van der Waals surface area contributed by atoms with Gasteiger partial charge in [-0.1, -0.05) is 6.42 Å². The molecule has 1 aliphatic rings. The first-order valence-electron chi connectivity index (χ1n) is 7.22. The summed E-state index contributed by atoms with van der Waals surface area (Å²) in [6.07, 6.45) is 3.77. The predicted octanol–water partition coefficient (Wildman–Crippen LogP) is 1.46. The minimum absolute atomic E-state index is 0.504. The standard InChI is InChI=1S/C14H24N4O2/c1-4-18(10-11-7-5-6-8-15-11)14-16-12(19-2)9-13(17-14)20-3/h9,11,15H,4-8,10H2,1-3H3. The van der Waals surface area contributed by atoms with Gasteiger partial charge in [0.25, 0.3) is 0 Å². The molecule has 1 fully saturated rings. The summed E-state index contributed by atoms with van der Waals surface area (Å²) in [4.78, 5) is 11.0. The third kappa shape index (κ3) is 3.72. The first-order chi connectivity index (χ1) is 9.76. The Morgan fingerprint density at radius 2 is 1.95 bits per heavy atom. The molecule has 1 N–H and O–H groups in total. The molecule has 0 aliphatic carbocycles. The van der Waals surface area contributed by atoms with Crippen molar-refractivity contribution < 1.29 is 9.47 Å². The van der Waals surface area contributed by atoms with Crippen LogP contribution in [0.1, 0.15) is 26.2 Å². The molecule has 1 aliphatic heterocycles. The number of piperidine rings is 1. The van der Waals surface area contributed by atoms with Crippen molar-refractivity contribution in [1.29, 1.82) is 0 Å². The maximum Gasteiger partial charge on any atom is 0.232 e. The van der Waals surface area contributed by atoms with Crippen molar-refractivity contribution >= 4 is 5.95 Å². The van der Waals surface area contributed by atoms with E-state index in [2.05, 4.69) is 27.1 Å². The molecule has 2 heterocycles. The van der Waals surface area contributed by atoms with Gasteiger partial charge >= 0.3 is 0 Å². The molecule has 20 heavy (non-hydrogen) atoms. The predicted molar refractivity (Wildman–Crippen MR) is 78.7 cm³/mol. The number of anilines is 1. The molecule has 112 valence electrons. The van der Waals surface area contributed by atoms with Gasteiger partial charge in [-0.15, -0.1) is 0 Å². The fourth-order valence-electron chi connectivity index (χ4n) is 2.44. The molecule has 2 rings (SSSR count). The molecule has 0 radical (unpaired) electrons. The minimum atomic E-state index is 0.504. The second-order valence-electron chi connectivity index (χ2n) is 4.94. The van der Waals surface area contributed by atoms with E-state index in [1.807, 2.05) is 0 Å². The molecule has 1 saturated heterocycles. The van der Waals surface area contributed by atoms with Gasteiger partial charge in [-0.25, -0.2) is 0 Å². The van der Waals surface area contributed by atoms with Crippen molar-refractivity contribution in [3.63, 3.8) is 0 Å². The van der Waals surface area contributed by atoms with E-state index in [4.69, 9.17) is 9.47 Å². The molecule has 1 aromatic heterocycles. The number of methoxy groups -OCH3 is 2. The Kier molecular flexibility index (Phi) is 5.40. The number of likely N-dealkylation sites (N-methyl/N-ethyl adjacent to an activating group) is 1. The highest BCUT2D eigenvalue weighted by Crippen LogP contribution is 2.21. The Balaban J connectivity index is 2.12. The van der Waals surface area contributed by atoms with Crippen LogP contribution in [0, 0.1) is 0 Å². The van der Waals surface area contributed by atoms with E-state index < -0.39 is 0 Å². The summed E-state index contributed by atoms with van der Waals surface area (Å²) in [6.45, 7) is 4.98. The fourth-order valence-corrected chi connectivity index (χ4v) is 2.44. The van der Waals surface area contributed by atoms with E-state index >= 15 is 0 Å². The third-order valence-corrected chi connectivity index (χ3v) is 3.60. The molecule has 0 spiro atoms. The Hall–Kier alpha value is -1.56. The van der Waals surface area contributed by atoms with Crippen molar-refractivity contribution in [2.45, 2.75) is 32.2 Å². The van der Waals surface area contributed by atoms with Gasteiger partial charge < -0.3 is 19.7 Å². The van der Waals surface area contributed by atoms with Gasteiger partial charge in [0.1, 0.15) is 0 Å². The Labute approximate surface area is 120 Å². The van der Waals surface area contributed by atoms with E-state index in [-0.39, 0.29) is 0 Å². The summed E-state index contributed by atoms with van der Waals surface area (Å²) in [5, 5.41) is 3.55. The Morgan fingerprint density at radius 1 is 1.25 bits per heavy atom. The number of nitrogens with zero attached hydrogens (tertiary/aromatic N) is 3. The van der Waals surface area contributed by atoms with Gasteiger partial charge in [0.2, 0.25) is 17.7 Å². The van der Waals surface area contributed by atoms with Gasteiger partial charge in [0.05, 0.1) is 20.3 Å². The lowest BCUT2D eigenvalue weighted by Crippen LogP contribution is -2.44. The normalized spacial score (nSPS) is 18.6. The van der Waals surface area contributed by atoms with Crippen LogP contribution in [-0.2, 0) is 0 Å². The van der Waals surface area contributed by atoms with Crippen LogP contribution in [0.25, 0.3) is 0 Å². The van der Waals surface area contributed by atoms with Gasteiger partial charge in [-0.05, 0) is 26.3 Å². The molecule has 6 heteroatoms. The SMILES string of the molecule is CCN(CC1CCCCN1)c1nc(OC)cc(OC)n1. The molecule has 6 nitrogen and oxygen atoms in total. The largest absolute Gasteiger partial charge is 0.481 e. The maximum absolute atomic E-state index is 5.21. The molecular weight excluding hydrogens is 256 g/mol. The lowest BCUT2D eigenvalue weighted by atomic mass is 10.0. The van der Waals surface area contributed by atoms with Crippen LogP contribution < -0.4 is 19.7 Å². The van der Waals surface area contributed by atoms with Crippen molar-refractivity contribution in [1.82, 2.24) is 15.3 Å². The zero-order valence-electron chi connectivity index (χ0n) is 12.6. The number of ether oxygens (including phenoxy) is 2. The van der Waals surface area contributed by atoms with Crippen molar-refractivity contribution in [2.75, 3.05) is 38.8 Å². The lowest BCUT2D eigenvalue weighted by Gasteiger charge is -2.30. The summed E-state index contributed by atoms with van der Waals surface area (Å²) in [5.74, 6) is 1.72. The first kappa shape index (κ1) is 14.8. The van der Waals surface area contributed by atoms with E-state index in [0.29, 0.717) is 23.8 Å². The molecule has 0 amide bonds. The summed E-state index contributed by atoms with van der Waals surface area (Å²) in [5.41, 5.74) is 0. The number of hydrogen-bond donors (Lipinski definition) is 1. The zero-order chi connectivity index (χ0) is 14.4. The zero-order valence-corrected chi connectivity index (χ0v) is 12.6. The van der Waals surface area contributed by atoms with E-state index in [1.165, 1.54) is 19.3 Å². The Bertz CT molecular complexity index is 399. The van der Waals surface area contributed by atoms with Crippen LogP contribution in [0.4, 0.5) is 5.95 Å². The quantitative estimate of drug-likeness (QED) is 0.851. The average molecular weight is 280 g/mol. The van der Waals surface area contributed by atoms with Crippen LogP contribution in [-0.4, -0.2) is 49.9 Å². The second-order valence-corrected chi connectivity index (χ2v) is 4.94. The number of aromatic nitrogens is 2. The van der Waals surface area contributed by atoms with Crippen LogP contribution in [0.2, 0.25) is 0 Å². The summed E-state index contributed by atoms with van der Waals surface area (Å²) >= 11 is 0. The van der Waals surface area contributed by atoms with Crippen molar-refractivity contribution in [3.8, 4) is 11.8 Å². The topological polar surface area (TPSA) is 59.5 Å². The van der Waals surface area contributed by atoms with E-state index in [1.54, 1.807) is 20.3 Å². The first-order valence-corrected chi connectivity index (χ1v) is 7.22. The smallest absolute Gasteiger partial charge is 0.232 e. The fraction of sp³-hybridized carbons (Fsp3) is 0.714. The van der Waals surface area contributed by atoms with Crippen molar-refractivity contribution in [2.24, 2.45) is 0 Å². The van der Waals surface area contributed by atoms with Crippen LogP contribution in [0.15, 0.2) is 6.07 Å². The third-order valence-electron chi connectivity index (χ3n) is 3.60. The highest BCUT2D eigenvalue weighted by atomic mass is 16.5. The molecule has 0 saturated carbocycles. The summed E-state index contributed by atoms with van der Waals surface area (Å²) in [7, 11) is 3.20. The van der Waals surface area contributed by atoms with Gasteiger partial charge in [-0.3, -0.25) is 0 Å². The highest BCUT2D eigenvalue weighted by molar-refractivity contribution is 5.36. The molecule has 0 bridgehead atoms. The molecule has 1 aromatic rings. The van der Waals surface area contributed by atoms with Crippen LogP contribution in [0.3, 0.4) is 0 Å². The molecule has 0 aromatic carbocycles. The second kappa shape index (κ2) is 7.28.